The summed E-state index contributed by atoms with van der Waals surface area (Å²) in [4.78, 5) is 40.1. The van der Waals surface area contributed by atoms with Gasteiger partial charge in [-0.1, -0.05) is 12.1 Å². The lowest BCUT2D eigenvalue weighted by atomic mass is 9.73. The van der Waals surface area contributed by atoms with Gasteiger partial charge in [0.25, 0.3) is 0 Å². The van der Waals surface area contributed by atoms with Crippen LogP contribution in [0.15, 0.2) is 36.7 Å². The molecule has 35 heavy (non-hydrogen) atoms. The average molecular weight is 492 g/mol. The molecule has 0 aliphatic heterocycles. The predicted octanol–water partition coefficient (Wildman–Crippen LogP) is 3.05. The number of aliphatic hydroxyl groups excluding tert-OH is 2. The molecule has 0 radical (unpaired) electrons. The second-order valence-corrected chi connectivity index (χ2v) is 9.13. The van der Waals surface area contributed by atoms with E-state index in [-0.39, 0.29) is 69.3 Å². The molecule has 3 unspecified atom stereocenters. The van der Waals surface area contributed by atoms with Crippen LogP contribution in [-0.4, -0.2) is 56.3 Å². The highest BCUT2D eigenvalue weighted by molar-refractivity contribution is 6.01. The number of phenols is 1. The Balaban J connectivity index is 0. The second kappa shape index (κ2) is 14.5. The van der Waals surface area contributed by atoms with Crippen molar-refractivity contribution in [2.75, 3.05) is 13.2 Å². The third kappa shape index (κ3) is 8.65. The lowest BCUT2D eigenvalue weighted by Crippen LogP contribution is -2.32. The monoisotopic (exact) mass is 491 g/mol. The molecule has 8 heteroatoms. The molecule has 0 fully saturated rings. The van der Waals surface area contributed by atoms with Crippen molar-refractivity contribution in [2.45, 2.75) is 52.9 Å². The summed E-state index contributed by atoms with van der Waals surface area (Å²) < 4.78 is 0. The Labute approximate surface area is 209 Å². The van der Waals surface area contributed by atoms with Gasteiger partial charge in [-0.3, -0.25) is 19.4 Å². The first-order valence-corrected chi connectivity index (χ1v) is 11.6. The minimum atomic E-state index is -0.720. The summed E-state index contributed by atoms with van der Waals surface area (Å²) >= 11 is 0. The van der Waals surface area contributed by atoms with Gasteiger partial charge in [-0.05, 0) is 80.7 Å². The third-order valence-electron chi connectivity index (χ3n) is 6.32. The lowest BCUT2D eigenvalue weighted by molar-refractivity contribution is -0.131. The fourth-order valence-corrected chi connectivity index (χ4v) is 4.62. The Morgan fingerprint density at radius 3 is 2.40 bits per heavy atom. The highest BCUT2D eigenvalue weighted by atomic mass is 16.3. The smallest absolute Gasteiger partial charge is 0.167 e. The number of fused-ring (bicyclic) bond motifs is 1. The number of hydrogen-bond acceptors (Lipinski definition) is 7. The van der Waals surface area contributed by atoms with Gasteiger partial charge in [0.2, 0.25) is 0 Å². The fourth-order valence-electron chi connectivity index (χ4n) is 4.62. The van der Waals surface area contributed by atoms with Crippen LogP contribution in [0.2, 0.25) is 0 Å². The number of Topliss-reactive ketones (excluding diaryl/α,β-unsaturated/α-hetero) is 3. The Hall–Kier alpha value is -2.94. The normalized spacial score (nSPS) is 16.1. The molecular weight excluding hydrogens is 450 g/mol. The number of benzene rings is 1. The van der Waals surface area contributed by atoms with Gasteiger partial charge in [0.15, 0.2) is 5.78 Å². The molecule has 2 aromatic rings. The van der Waals surface area contributed by atoms with E-state index in [9.17, 15) is 29.7 Å². The zero-order valence-corrected chi connectivity index (χ0v) is 20.7. The highest BCUT2D eigenvalue weighted by Gasteiger charge is 2.34. The summed E-state index contributed by atoms with van der Waals surface area (Å²) in [5, 5.41) is 29.1. The van der Waals surface area contributed by atoms with Gasteiger partial charge in [0.1, 0.15) is 17.3 Å². The van der Waals surface area contributed by atoms with Gasteiger partial charge >= 0.3 is 0 Å². The van der Waals surface area contributed by atoms with Crippen LogP contribution in [0.5, 0.6) is 5.75 Å². The zero-order valence-electron chi connectivity index (χ0n) is 20.7. The quantitative estimate of drug-likeness (QED) is 0.455. The van der Waals surface area contributed by atoms with Crippen LogP contribution < -0.4 is 0 Å². The minimum absolute atomic E-state index is 0. The lowest BCUT2D eigenvalue weighted by Gasteiger charge is -2.31. The maximum absolute atomic E-state index is 12.6. The number of aryl methyl sites for hydroxylation is 2. The number of aromatic nitrogens is 1. The molecule has 1 heterocycles. The summed E-state index contributed by atoms with van der Waals surface area (Å²) in [6, 6.07) is 7.26. The van der Waals surface area contributed by atoms with Crippen molar-refractivity contribution >= 4 is 17.3 Å². The van der Waals surface area contributed by atoms with Crippen molar-refractivity contribution in [2.24, 2.45) is 17.8 Å². The molecule has 0 saturated heterocycles. The van der Waals surface area contributed by atoms with E-state index >= 15 is 0 Å². The number of aliphatic hydroxyl groups is 2. The van der Waals surface area contributed by atoms with Gasteiger partial charge in [-0.25, -0.2) is 0 Å². The molecule has 1 aromatic carbocycles. The average Bonchev–Trinajstić information content (AvgIpc) is 2.77. The van der Waals surface area contributed by atoms with Crippen LogP contribution in [0.25, 0.3) is 0 Å². The molecule has 1 aliphatic rings. The Kier molecular flexibility index (Phi) is 12.4. The molecule has 5 N–H and O–H groups in total. The summed E-state index contributed by atoms with van der Waals surface area (Å²) in [5.41, 5.74) is 3.36. The van der Waals surface area contributed by atoms with Crippen molar-refractivity contribution in [3.05, 3.63) is 58.9 Å². The number of hydrogen-bond donors (Lipinski definition) is 3. The summed E-state index contributed by atoms with van der Waals surface area (Å²) in [6.07, 6.45) is 5.05. The number of carbonyl (C=O) groups excluding carboxylic acids is 3. The topological polar surface area (TPSA) is 156 Å². The number of rotatable bonds is 9. The van der Waals surface area contributed by atoms with E-state index in [0.717, 1.165) is 11.1 Å². The molecule has 3 atom stereocenters. The second-order valence-electron chi connectivity index (χ2n) is 9.13. The van der Waals surface area contributed by atoms with Crippen LogP contribution in [0, 0.1) is 31.6 Å². The van der Waals surface area contributed by atoms with Crippen LogP contribution in [0.4, 0.5) is 0 Å². The van der Waals surface area contributed by atoms with Gasteiger partial charge in [0, 0.05) is 34.2 Å². The van der Waals surface area contributed by atoms with E-state index in [1.165, 1.54) is 18.6 Å². The van der Waals surface area contributed by atoms with E-state index in [4.69, 9.17) is 0 Å². The number of aromatic hydroxyl groups is 1. The summed E-state index contributed by atoms with van der Waals surface area (Å²) in [7, 11) is 0. The third-order valence-corrected chi connectivity index (χ3v) is 6.32. The van der Waals surface area contributed by atoms with Crippen LogP contribution in [0.3, 0.4) is 0 Å². The number of phenolic OH excluding ortho intramolecular Hbond substituents is 1. The van der Waals surface area contributed by atoms with Crippen LogP contribution in [0.1, 0.15) is 62.5 Å². The highest BCUT2D eigenvalue weighted by Crippen LogP contribution is 2.38. The summed E-state index contributed by atoms with van der Waals surface area (Å²) in [5.74, 6) is -1.77. The van der Waals surface area contributed by atoms with Gasteiger partial charge in [-0.15, -0.1) is 0 Å². The fraction of sp³-hybridized carbons (Fsp3) is 0.481. The predicted molar refractivity (Wildman–Crippen MR) is 136 cm³/mol. The van der Waals surface area contributed by atoms with Crippen molar-refractivity contribution in [3.63, 3.8) is 0 Å². The van der Waals surface area contributed by atoms with E-state index in [2.05, 4.69) is 4.98 Å². The molecule has 8 nitrogen and oxygen atoms in total. The largest absolute Gasteiger partial charge is 0.507 e. The van der Waals surface area contributed by atoms with Crippen molar-refractivity contribution < 1.29 is 38.0 Å². The summed E-state index contributed by atoms with van der Waals surface area (Å²) in [6.45, 7) is 4.73. The molecule has 0 spiro atoms. The number of nitrogens with zero attached hydrogens (tertiary/aromatic N) is 1. The number of carbonyl (C=O) groups is 3. The molecule has 1 aliphatic carbocycles. The Morgan fingerprint density at radius 2 is 1.89 bits per heavy atom. The molecule has 0 saturated carbocycles. The van der Waals surface area contributed by atoms with E-state index in [1.807, 2.05) is 32.2 Å². The first-order chi connectivity index (χ1) is 16.2. The van der Waals surface area contributed by atoms with Crippen LogP contribution >= 0.6 is 0 Å². The molecule has 0 amide bonds. The minimum Gasteiger partial charge on any atom is -0.507 e. The van der Waals surface area contributed by atoms with Crippen molar-refractivity contribution in [1.29, 1.82) is 0 Å². The molecule has 196 valence electrons. The molecule has 3 rings (SSSR count). The standard InChI is InChI=1S/C21H28O6.C6H7N.H2O.2H2/c1-12-3-4-18(25)21-16(12)9-14(10-20(21)27)8-15(5-6-22)17(11-23)19(26)7-13(2)24;1-6-3-2-4-7-5-6;;;/h3-4,14-15,17,22-23,25H,5-11H2,1-2H3;2-5H,1H3;1H2;2*1H. The Bertz CT molecular complexity index is 1000. The SMILES string of the molecule is CC(=O)CC(=O)C(CO)C(CCO)CC1CC(=O)c2c(O)ccc(C)c2C1.Cc1cccnc1.O.[HH].[HH]. The number of pyridine rings is 1. The maximum Gasteiger partial charge on any atom is 0.167 e. The molecular formula is C27H41NO7. The molecule has 1 aromatic heterocycles. The Morgan fingerprint density at radius 1 is 1.17 bits per heavy atom. The molecule has 0 bridgehead atoms. The van der Waals surface area contributed by atoms with E-state index < -0.39 is 5.92 Å². The van der Waals surface area contributed by atoms with Gasteiger partial charge in [0.05, 0.1) is 18.6 Å². The maximum atomic E-state index is 12.6. The number of ketones is 3. The van der Waals surface area contributed by atoms with E-state index in [0.29, 0.717) is 24.8 Å². The van der Waals surface area contributed by atoms with Crippen molar-refractivity contribution in [1.82, 2.24) is 4.98 Å². The van der Waals surface area contributed by atoms with E-state index in [1.54, 1.807) is 12.3 Å². The van der Waals surface area contributed by atoms with Crippen LogP contribution in [-0.2, 0) is 16.0 Å². The first kappa shape index (κ1) is 30.1. The first-order valence-electron chi connectivity index (χ1n) is 11.6. The van der Waals surface area contributed by atoms with Gasteiger partial charge in [-0.2, -0.15) is 0 Å². The van der Waals surface area contributed by atoms with Crippen molar-refractivity contribution in [3.8, 4) is 5.75 Å². The van der Waals surface area contributed by atoms with Gasteiger partial charge < -0.3 is 20.8 Å². The zero-order chi connectivity index (χ0) is 25.3.